The summed E-state index contributed by atoms with van der Waals surface area (Å²) < 4.78 is 64.2. The van der Waals surface area contributed by atoms with Crippen LogP contribution in [0.1, 0.15) is 19.8 Å². The van der Waals surface area contributed by atoms with E-state index in [-0.39, 0.29) is 6.54 Å². The fourth-order valence-electron chi connectivity index (χ4n) is 1.46. The number of sulfonamides is 1. The van der Waals surface area contributed by atoms with Gasteiger partial charge in [0.25, 0.3) is 0 Å². The highest BCUT2D eigenvalue weighted by Crippen LogP contribution is 2.17. The molecule has 0 aromatic heterocycles. The van der Waals surface area contributed by atoms with E-state index in [0.717, 1.165) is 6.42 Å². The quantitative estimate of drug-likeness (QED) is 0.782. The molecular formula is C11H15F3N2O2S. The summed E-state index contributed by atoms with van der Waals surface area (Å²) >= 11 is 0. The van der Waals surface area contributed by atoms with Crippen LogP contribution in [0.3, 0.4) is 0 Å². The highest BCUT2D eigenvalue weighted by atomic mass is 32.2. The zero-order chi connectivity index (χ0) is 14.6. The van der Waals surface area contributed by atoms with Crippen molar-refractivity contribution in [1.29, 1.82) is 0 Å². The summed E-state index contributed by atoms with van der Waals surface area (Å²) in [5.41, 5.74) is 5.62. The fourth-order valence-corrected chi connectivity index (χ4v) is 2.58. The predicted molar refractivity (Wildman–Crippen MR) is 64.4 cm³/mol. The van der Waals surface area contributed by atoms with Crippen LogP contribution in [0.5, 0.6) is 0 Å². The number of benzene rings is 1. The van der Waals surface area contributed by atoms with Gasteiger partial charge in [-0.2, -0.15) is 0 Å². The molecule has 0 aliphatic heterocycles. The number of hydrogen-bond acceptors (Lipinski definition) is 3. The summed E-state index contributed by atoms with van der Waals surface area (Å²) in [5.74, 6) is -4.82. The van der Waals surface area contributed by atoms with Crippen LogP contribution in [0.2, 0.25) is 0 Å². The molecule has 0 saturated carbocycles. The van der Waals surface area contributed by atoms with E-state index >= 15 is 0 Å². The second-order valence-corrected chi connectivity index (χ2v) is 5.87. The Morgan fingerprint density at radius 1 is 1.26 bits per heavy atom. The van der Waals surface area contributed by atoms with Crippen LogP contribution in [0.25, 0.3) is 0 Å². The van der Waals surface area contributed by atoms with Crippen LogP contribution in [0, 0.1) is 17.5 Å². The fraction of sp³-hybridized carbons (Fsp3) is 0.455. The van der Waals surface area contributed by atoms with Crippen molar-refractivity contribution in [3.05, 3.63) is 29.6 Å². The molecule has 19 heavy (non-hydrogen) atoms. The minimum atomic E-state index is -4.11. The van der Waals surface area contributed by atoms with Crippen molar-refractivity contribution in [1.82, 2.24) is 4.72 Å². The minimum Gasteiger partial charge on any atom is -0.327 e. The van der Waals surface area contributed by atoms with Gasteiger partial charge in [-0.3, -0.25) is 0 Å². The Hall–Kier alpha value is -1.12. The van der Waals surface area contributed by atoms with Crippen molar-refractivity contribution in [2.45, 2.75) is 30.7 Å². The maximum atomic E-state index is 13.0. The molecule has 1 aromatic carbocycles. The van der Waals surface area contributed by atoms with E-state index in [0.29, 0.717) is 18.6 Å². The molecule has 0 aliphatic carbocycles. The van der Waals surface area contributed by atoms with Crippen LogP contribution < -0.4 is 10.5 Å². The summed E-state index contributed by atoms with van der Waals surface area (Å²) in [7, 11) is -4.11. The molecule has 4 nitrogen and oxygen atoms in total. The molecule has 0 fully saturated rings. The molecule has 0 amide bonds. The number of hydrogen-bond donors (Lipinski definition) is 2. The van der Waals surface area contributed by atoms with Crippen molar-refractivity contribution >= 4 is 10.0 Å². The monoisotopic (exact) mass is 296 g/mol. The third-order valence-corrected chi connectivity index (χ3v) is 3.87. The highest BCUT2D eigenvalue weighted by molar-refractivity contribution is 7.89. The van der Waals surface area contributed by atoms with Gasteiger partial charge >= 0.3 is 0 Å². The number of halogens is 3. The average molecular weight is 296 g/mol. The molecule has 3 N–H and O–H groups in total. The van der Waals surface area contributed by atoms with Gasteiger partial charge in [0.1, 0.15) is 0 Å². The van der Waals surface area contributed by atoms with E-state index in [9.17, 15) is 21.6 Å². The van der Waals surface area contributed by atoms with Crippen LogP contribution >= 0.6 is 0 Å². The zero-order valence-corrected chi connectivity index (χ0v) is 11.1. The average Bonchev–Trinajstić information content (AvgIpc) is 2.33. The van der Waals surface area contributed by atoms with Crippen molar-refractivity contribution < 1.29 is 21.6 Å². The van der Waals surface area contributed by atoms with Gasteiger partial charge in [-0.1, -0.05) is 13.3 Å². The SMILES string of the molecule is CCC[C@H](N)CNS(=O)(=O)c1cc(F)c(F)c(F)c1. The molecule has 108 valence electrons. The van der Waals surface area contributed by atoms with E-state index in [1.54, 1.807) is 0 Å². The summed E-state index contributed by atoms with van der Waals surface area (Å²) in [6.45, 7) is 1.83. The van der Waals surface area contributed by atoms with E-state index in [2.05, 4.69) is 4.72 Å². The summed E-state index contributed by atoms with van der Waals surface area (Å²) in [6, 6.07) is 0.452. The third kappa shape index (κ3) is 4.19. The van der Waals surface area contributed by atoms with Gasteiger partial charge in [0.2, 0.25) is 10.0 Å². The first kappa shape index (κ1) is 15.9. The molecule has 0 spiro atoms. The Labute approximate surface area is 109 Å². The van der Waals surface area contributed by atoms with E-state index in [4.69, 9.17) is 5.73 Å². The molecule has 0 unspecified atom stereocenters. The zero-order valence-electron chi connectivity index (χ0n) is 10.3. The lowest BCUT2D eigenvalue weighted by molar-refractivity contribution is 0.442. The molecular weight excluding hydrogens is 281 g/mol. The van der Waals surface area contributed by atoms with Crippen LogP contribution in [0.15, 0.2) is 17.0 Å². The van der Waals surface area contributed by atoms with Crippen LogP contribution in [-0.4, -0.2) is 21.0 Å². The lowest BCUT2D eigenvalue weighted by Gasteiger charge is -2.12. The minimum absolute atomic E-state index is 0.0587. The number of rotatable bonds is 6. The molecule has 1 rings (SSSR count). The maximum Gasteiger partial charge on any atom is 0.240 e. The molecule has 1 aromatic rings. The van der Waals surface area contributed by atoms with Gasteiger partial charge in [-0.15, -0.1) is 0 Å². The Bertz CT molecular complexity index is 526. The summed E-state index contributed by atoms with van der Waals surface area (Å²) in [4.78, 5) is -0.674. The third-order valence-electron chi connectivity index (χ3n) is 2.46. The predicted octanol–water partition coefficient (Wildman–Crippen LogP) is 1.51. The van der Waals surface area contributed by atoms with E-state index in [1.807, 2.05) is 6.92 Å². The second kappa shape index (κ2) is 6.36. The van der Waals surface area contributed by atoms with E-state index in [1.165, 1.54) is 0 Å². The van der Waals surface area contributed by atoms with Crippen LogP contribution in [0.4, 0.5) is 13.2 Å². The molecule has 0 radical (unpaired) electrons. The topological polar surface area (TPSA) is 72.2 Å². The first-order chi connectivity index (χ1) is 8.77. The molecule has 0 bridgehead atoms. The summed E-state index contributed by atoms with van der Waals surface area (Å²) in [6.07, 6.45) is 1.39. The normalized spacial score (nSPS) is 13.5. The van der Waals surface area contributed by atoms with Gasteiger partial charge in [0, 0.05) is 12.6 Å². The molecule has 0 aliphatic rings. The standard InChI is InChI=1S/C11H15F3N2O2S/c1-2-3-7(15)6-16-19(17,18)8-4-9(12)11(14)10(13)5-8/h4-5,7,16H,2-3,6,15H2,1H3/t7-/m0/s1. The van der Waals surface area contributed by atoms with Crippen molar-refractivity contribution in [3.63, 3.8) is 0 Å². The number of nitrogens with two attached hydrogens (primary N) is 1. The highest BCUT2D eigenvalue weighted by Gasteiger charge is 2.20. The van der Waals surface area contributed by atoms with Crippen molar-refractivity contribution in [3.8, 4) is 0 Å². The smallest absolute Gasteiger partial charge is 0.240 e. The van der Waals surface area contributed by atoms with E-state index < -0.39 is 38.4 Å². The Kier molecular flexibility index (Phi) is 5.33. The summed E-state index contributed by atoms with van der Waals surface area (Å²) in [5, 5.41) is 0. The van der Waals surface area contributed by atoms with Gasteiger partial charge in [-0.25, -0.2) is 26.3 Å². The van der Waals surface area contributed by atoms with Gasteiger partial charge in [-0.05, 0) is 18.6 Å². The Balaban J connectivity index is 2.89. The maximum absolute atomic E-state index is 13.0. The lowest BCUT2D eigenvalue weighted by atomic mass is 10.2. The van der Waals surface area contributed by atoms with Crippen molar-refractivity contribution in [2.75, 3.05) is 6.54 Å². The van der Waals surface area contributed by atoms with Gasteiger partial charge in [0.05, 0.1) is 4.90 Å². The van der Waals surface area contributed by atoms with Gasteiger partial charge in [0.15, 0.2) is 17.5 Å². The van der Waals surface area contributed by atoms with Crippen molar-refractivity contribution in [2.24, 2.45) is 5.73 Å². The number of nitrogens with one attached hydrogen (secondary N) is 1. The van der Waals surface area contributed by atoms with Gasteiger partial charge < -0.3 is 5.73 Å². The molecule has 1 atom stereocenters. The Morgan fingerprint density at radius 3 is 2.26 bits per heavy atom. The first-order valence-corrected chi connectivity index (χ1v) is 7.16. The lowest BCUT2D eigenvalue weighted by Crippen LogP contribution is -2.37. The first-order valence-electron chi connectivity index (χ1n) is 5.67. The molecule has 8 heteroatoms. The van der Waals surface area contributed by atoms with Crippen LogP contribution in [-0.2, 0) is 10.0 Å². The Morgan fingerprint density at radius 2 is 1.79 bits per heavy atom. The largest absolute Gasteiger partial charge is 0.327 e. The second-order valence-electron chi connectivity index (χ2n) is 4.10. The molecule has 0 saturated heterocycles. The molecule has 0 heterocycles.